The predicted octanol–water partition coefficient (Wildman–Crippen LogP) is 3.66. The minimum absolute atomic E-state index is 0.000689. The van der Waals surface area contributed by atoms with Crippen molar-refractivity contribution in [1.82, 2.24) is 4.31 Å². The second kappa shape index (κ2) is 9.80. The molecule has 0 heterocycles. The van der Waals surface area contributed by atoms with E-state index in [0.29, 0.717) is 23.4 Å². The lowest BCUT2D eigenvalue weighted by molar-refractivity contribution is -0.123. The number of carbonyl (C=O) groups is 2. The molecule has 2 unspecified atom stereocenters. The molecule has 0 saturated heterocycles. The van der Waals surface area contributed by atoms with E-state index >= 15 is 0 Å². The van der Waals surface area contributed by atoms with E-state index in [0.717, 1.165) is 19.3 Å². The van der Waals surface area contributed by atoms with Crippen LogP contribution < -0.4 is 5.73 Å². The van der Waals surface area contributed by atoms with Crippen LogP contribution in [0.2, 0.25) is 5.02 Å². The van der Waals surface area contributed by atoms with Crippen molar-refractivity contribution in [2.45, 2.75) is 49.6 Å². The Morgan fingerprint density at radius 2 is 1.61 bits per heavy atom. The Hall–Kier alpha value is -2.42. The molecule has 2 aromatic carbocycles. The lowest BCUT2D eigenvalue weighted by Gasteiger charge is -2.34. The average molecular weight is 465 g/mol. The first-order valence-corrected chi connectivity index (χ1v) is 11.9. The van der Waals surface area contributed by atoms with Crippen LogP contribution >= 0.6 is 11.6 Å². The van der Waals surface area contributed by atoms with Crippen molar-refractivity contribution in [1.29, 1.82) is 0 Å². The van der Waals surface area contributed by atoms with Gasteiger partial charge in [-0.15, -0.1) is 0 Å². The maximum atomic E-state index is 13.6. The summed E-state index contributed by atoms with van der Waals surface area (Å²) >= 11 is 5.93. The third kappa shape index (κ3) is 5.44. The summed E-state index contributed by atoms with van der Waals surface area (Å²) in [5.41, 5.74) is 6.40. The molecule has 1 saturated carbocycles. The summed E-state index contributed by atoms with van der Waals surface area (Å²) in [6.07, 6.45) is 3.56. The van der Waals surface area contributed by atoms with Crippen molar-refractivity contribution in [3.8, 4) is 0 Å². The number of sulfonamides is 1. The van der Waals surface area contributed by atoms with Crippen LogP contribution in [0, 0.1) is 5.92 Å². The van der Waals surface area contributed by atoms with Crippen LogP contribution in [0.3, 0.4) is 0 Å². The molecule has 31 heavy (non-hydrogen) atoms. The summed E-state index contributed by atoms with van der Waals surface area (Å²) in [7, 11) is -3.97. The van der Waals surface area contributed by atoms with Crippen LogP contribution in [0.1, 0.15) is 48.0 Å². The molecule has 0 radical (unpaired) electrons. The lowest BCUT2D eigenvalue weighted by Crippen LogP contribution is -2.47. The van der Waals surface area contributed by atoms with Gasteiger partial charge >= 0.3 is 5.97 Å². The number of nitrogens with two attached hydrogens (primary N) is 1. The predicted molar refractivity (Wildman–Crippen MR) is 117 cm³/mol. The molecule has 3 N–H and O–H groups in total. The molecular formula is C22H25ClN2O5S. The topological polar surface area (TPSA) is 118 Å². The Kier molecular flexibility index (Phi) is 7.35. The second-order valence-electron chi connectivity index (χ2n) is 7.72. The van der Waals surface area contributed by atoms with Crippen LogP contribution in [0.5, 0.6) is 0 Å². The van der Waals surface area contributed by atoms with Gasteiger partial charge in [-0.3, -0.25) is 4.79 Å². The van der Waals surface area contributed by atoms with Gasteiger partial charge in [0.1, 0.15) is 0 Å². The fraction of sp³-hybridized carbons (Fsp3) is 0.364. The van der Waals surface area contributed by atoms with Gasteiger partial charge < -0.3 is 10.8 Å². The fourth-order valence-electron chi connectivity index (χ4n) is 4.02. The van der Waals surface area contributed by atoms with E-state index in [-0.39, 0.29) is 17.0 Å². The number of amides is 1. The number of hydrogen-bond donors (Lipinski definition) is 2. The highest BCUT2D eigenvalue weighted by atomic mass is 35.5. The van der Waals surface area contributed by atoms with E-state index in [1.165, 1.54) is 40.7 Å². The van der Waals surface area contributed by atoms with Gasteiger partial charge in [-0.1, -0.05) is 43.0 Å². The number of nitrogens with zero attached hydrogens (tertiary/aromatic N) is 1. The SMILES string of the molecule is NC(=O)C1CCCCCC1N(Cc1ccc(C(=O)O)cc1)S(=O)(=O)c1ccc(Cl)cc1. The number of rotatable bonds is 7. The maximum absolute atomic E-state index is 13.6. The molecule has 0 bridgehead atoms. The fourth-order valence-corrected chi connectivity index (χ4v) is 5.82. The quantitative estimate of drug-likeness (QED) is 0.606. The molecule has 3 rings (SSSR count). The van der Waals surface area contributed by atoms with E-state index < -0.39 is 33.9 Å². The van der Waals surface area contributed by atoms with Crippen molar-refractivity contribution >= 4 is 33.5 Å². The zero-order valence-electron chi connectivity index (χ0n) is 16.9. The molecule has 1 fully saturated rings. The molecule has 1 amide bonds. The minimum Gasteiger partial charge on any atom is -0.478 e. The Labute approximate surface area is 186 Å². The number of hydrogen-bond acceptors (Lipinski definition) is 4. The van der Waals surface area contributed by atoms with Gasteiger partial charge in [-0.25, -0.2) is 13.2 Å². The van der Waals surface area contributed by atoms with Crippen LogP contribution in [0.25, 0.3) is 0 Å². The number of carbonyl (C=O) groups excluding carboxylic acids is 1. The first-order chi connectivity index (χ1) is 14.7. The second-order valence-corrected chi connectivity index (χ2v) is 10.0. The summed E-state index contributed by atoms with van der Waals surface area (Å²) < 4.78 is 28.6. The van der Waals surface area contributed by atoms with Crippen molar-refractivity contribution in [2.75, 3.05) is 0 Å². The summed E-state index contributed by atoms with van der Waals surface area (Å²) in [4.78, 5) is 23.4. The van der Waals surface area contributed by atoms with E-state index in [9.17, 15) is 18.0 Å². The third-order valence-electron chi connectivity index (χ3n) is 5.67. The molecule has 1 aliphatic rings. The monoisotopic (exact) mass is 464 g/mol. The number of benzene rings is 2. The van der Waals surface area contributed by atoms with Crippen molar-refractivity contribution in [3.05, 3.63) is 64.7 Å². The van der Waals surface area contributed by atoms with Gasteiger partial charge in [0.05, 0.1) is 16.4 Å². The highest BCUT2D eigenvalue weighted by molar-refractivity contribution is 7.89. The molecule has 0 aliphatic heterocycles. The molecule has 166 valence electrons. The molecule has 7 nitrogen and oxygen atoms in total. The van der Waals surface area contributed by atoms with E-state index in [1.807, 2.05) is 0 Å². The Morgan fingerprint density at radius 1 is 1.00 bits per heavy atom. The molecule has 0 spiro atoms. The number of primary amides is 1. The van der Waals surface area contributed by atoms with Gasteiger partial charge in [0.25, 0.3) is 0 Å². The first-order valence-electron chi connectivity index (χ1n) is 10.1. The first kappa shape index (κ1) is 23.2. The molecule has 2 aromatic rings. The van der Waals surface area contributed by atoms with Gasteiger partial charge in [-0.05, 0) is 54.8 Å². The Morgan fingerprint density at radius 3 is 2.19 bits per heavy atom. The molecular weight excluding hydrogens is 440 g/mol. The van der Waals surface area contributed by atoms with Crippen LogP contribution in [-0.2, 0) is 21.4 Å². The van der Waals surface area contributed by atoms with Crippen molar-refractivity contribution < 1.29 is 23.1 Å². The summed E-state index contributed by atoms with van der Waals surface area (Å²) in [6.45, 7) is -0.000689. The van der Waals surface area contributed by atoms with Crippen LogP contribution in [0.15, 0.2) is 53.4 Å². The molecule has 2 atom stereocenters. The van der Waals surface area contributed by atoms with Gasteiger partial charge in [0.2, 0.25) is 15.9 Å². The van der Waals surface area contributed by atoms with E-state index in [4.69, 9.17) is 22.4 Å². The number of halogens is 1. The maximum Gasteiger partial charge on any atom is 0.335 e. The molecule has 1 aliphatic carbocycles. The summed E-state index contributed by atoms with van der Waals surface area (Å²) in [5, 5.41) is 9.54. The largest absolute Gasteiger partial charge is 0.478 e. The molecule has 0 aromatic heterocycles. The summed E-state index contributed by atoms with van der Waals surface area (Å²) in [6, 6.07) is 11.3. The Balaban J connectivity index is 2.04. The van der Waals surface area contributed by atoms with Gasteiger partial charge in [0, 0.05) is 17.6 Å². The standard InChI is InChI=1S/C22H25ClN2O5S/c23-17-10-12-18(13-11-17)31(29,30)25(14-15-6-8-16(9-7-15)22(27)28)20-5-3-1-2-4-19(20)21(24)26/h6-13,19-20H,1-5,14H2,(H2,24,26)(H,27,28). The third-order valence-corrected chi connectivity index (χ3v) is 7.81. The normalized spacial score (nSPS) is 19.7. The van der Waals surface area contributed by atoms with Gasteiger partial charge in [0.15, 0.2) is 0 Å². The average Bonchev–Trinajstić information content (AvgIpc) is 2.98. The summed E-state index contributed by atoms with van der Waals surface area (Å²) in [5.74, 6) is -2.16. The van der Waals surface area contributed by atoms with Crippen LogP contribution in [0.4, 0.5) is 0 Å². The highest BCUT2D eigenvalue weighted by Crippen LogP contribution is 2.33. The molecule has 9 heteroatoms. The zero-order valence-corrected chi connectivity index (χ0v) is 18.5. The number of carboxylic acids is 1. The smallest absolute Gasteiger partial charge is 0.335 e. The van der Waals surface area contributed by atoms with E-state index in [1.54, 1.807) is 12.1 Å². The van der Waals surface area contributed by atoms with Gasteiger partial charge in [-0.2, -0.15) is 4.31 Å². The van der Waals surface area contributed by atoms with Crippen molar-refractivity contribution in [3.63, 3.8) is 0 Å². The Bertz CT molecular complexity index is 1040. The van der Waals surface area contributed by atoms with Crippen LogP contribution in [-0.4, -0.2) is 35.7 Å². The lowest BCUT2D eigenvalue weighted by atomic mass is 9.93. The highest BCUT2D eigenvalue weighted by Gasteiger charge is 2.39. The zero-order chi connectivity index (χ0) is 22.6. The number of aromatic carboxylic acids is 1. The number of carboxylic acid groups (broad SMARTS) is 1. The van der Waals surface area contributed by atoms with Crippen molar-refractivity contribution in [2.24, 2.45) is 11.7 Å². The van der Waals surface area contributed by atoms with E-state index in [2.05, 4.69) is 0 Å². The minimum atomic E-state index is -3.97.